The summed E-state index contributed by atoms with van der Waals surface area (Å²) in [5.41, 5.74) is 0. The zero-order valence-corrected chi connectivity index (χ0v) is 10.5. The van der Waals surface area contributed by atoms with Crippen molar-refractivity contribution in [2.24, 2.45) is 0 Å². The number of hydrogen-bond acceptors (Lipinski definition) is 3. The minimum absolute atomic E-state index is 0.109. The van der Waals surface area contributed by atoms with Crippen molar-refractivity contribution in [3.05, 3.63) is 0 Å². The van der Waals surface area contributed by atoms with E-state index in [2.05, 4.69) is 0 Å². The maximum Gasteiger partial charge on any atom is 0.247 e. The van der Waals surface area contributed by atoms with Crippen LogP contribution in [0.4, 0.5) is 4.79 Å². The van der Waals surface area contributed by atoms with E-state index in [4.69, 9.17) is 46.4 Å². The standard InChI is InChI=1S/C5H6Cl4OS2/c6-1-2-11-5(10)12-4(9)3(7)8/h3-4H,1-2H2. The average Bonchev–Trinajstić information content (AvgIpc) is 2.00. The minimum atomic E-state index is -0.739. The van der Waals surface area contributed by atoms with E-state index in [9.17, 15) is 4.79 Å². The SMILES string of the molecule is O=C(SCCCl)SC(Cl)C(Cl)Cl. The second-order valence-corrected chi connectivity index (χ2v) is 6.30. The van der Waals surface area contributed by atoms with Crippen molar-refractivity contribution in [2.75, 3.05) is 11.6 Å². The Hall–Kier alpha value is 1.53. The molecule has 1 atom stereocenters. The molecule has 0 saturated carbocycles. The molecule has 0 bridgehead atoms. The van der Waals surface area contributed by atoms with Gasteiger partial charge in [-0.05, 0) is 0 Å². The Kier molecular flexibility index (Phi) is 8.90. The summed E-state index contributed by atoms with van der Waals surface area (Å²) in [6.07, 6.45) is 0. The van der Waals surface area contributed by atoms with Crippen LogP contribution in [0.15, 0.2) is 0 Å². The van der Waals surface area contributed by atoms with Crippen molar-refractivity contribution in [1.82, 2.24) is 0 Å². The molecule has 1 nitrogen and oxygen atoms in total. The van der Waals surface area contributed by atoms with Crippen molar-refractivity contribution >= 4 is 74.4 Å². The molecule has 12 heavy (non-hydrogen) atoms. The fourth-order valence-electron chi connectivity index (χ4n) is 0.299. The summed E-state index contributed by atoms with van der Waals surface area (Å²) in [6.45, 7) is 0. The molecule has 0 saturated heterocycles. The van der Waals surface area contributed by atoms with Gasteiger partial charge in [0.1, 0.15) is 9.55 Å². The highest BCUT2D eigenvalue weighted by atomic mass is 35.5. The molecule has 7 heteroatoms. The van der Waals surface area contributed by atoms with E-state index in [1.165, 1.54) is 0 Å². The fraction of sp³-hybridized carbons (Fsp3) is 0.800. The molecule has 0 aliphatic rings. The molecular formula is C5H6Cl4OS2. The molecule has 0 aliphatic carbocycles. The van der Waals surface area contributed by atoms with Crippen LogP contribution in [0.5, 0.6) is 0 Å². The van der Waals surface area contributed by atoms with E-state index in [0.717, 1.165) is 23.5 Å². The van der Waals surface area contributed by atoms with Crippen molar-refractivity contribution in [3.8, 4) is 0 Å². The van der Waals surface area contributed by atoms with Gasteiger partial charge in [-0.3, -0.25) is 4.79 Å². The third-order valence-electron chi connectivity index (χ3n) is 0.704. The maximum atomic E-state index is 11.0. The van der Waals surface area contributed by atoms with Crippen molar-refractivity contribution < 1.29 is 4.79 Å². The van der Waals surface area contributed by atoms with Crippen LogP contribution in [0.25, 0.3) is 0 Å². The van der Waals surface area contributed by atoms with Crippen LogP contribution in [0.3, 0.4) is 0 Å². The molecule has 0 aromatic carbocycles. The maximum absolute atomic E-state index is 11.0. The first-order chi connectivity index (χ1) is 5.57. The number of hydrogen-bond donors (Lipinski definition) is 0. The second kappa shape index (κ2) is 7.89. The van der Waals surface area contributed by atoms with Gasteiger partial charge in [-0.1, -0.05) is 23.5 Å². The summed E-state index contributed by atoms with van der Waals surface area (Å²) < 4.78 is -0.703. The lowest BCUT2D eigenvalue weighted by Crippen LogP contribution is -2.05. The zero-order chi connectivity index (χ0) is 9.56. The first-order valence-corrected chi connectivity index (χ1v) is 6.60. The lowest BCUT2D eigenvalue weighted by molar-refractivity contribution is 0.276. The highest BCUT2D eigenvalue weighted by Crippen LogP contribution is 2.30. The molecule has 0 rings (SSSR count). The van der Waals surface area contributed by atoms with Crippen LogP contribution < -0.4 is 0 Å². The summed E-state index contributed by atoms with van der Waals surface area (Å²) in [7, 11) is 0. The second-order valence-electron chi connectivity index (χ2n) is 1.59. The molecule has 0 aromatic heterocycles. The molecule has 0 fully saturated rings. The lowest BCUT2D eigenvalue weighted by atomic mass is 10.9. The molecule has 0 aliphatic heterocycles. The van der Waals surface area contributed by atoms with Crippen molar-refractivity contribution in [2.45, 2.75) is 9.55 Å². The topological polar surface area (TPSA) is 17.1 Å². The Labute approximate surface area is 99.8 Å². The number of alkyl halides is 4. The smallest absolute Gasteiger partial charge is 0.247 e. The van der Waals surface area contributed by atoms with Gasteiger partial charge >= 0.3 is 0 Å². The van der Waals surface area contributed by atoms with E-state index in [1.807, 2.05) is 0 Å². The van der Waals surface area contributed by atoms with Crippen molar-refractivity contribution in [1.29, 1.82) is 0 Å². The number of rotatable bonds is 4. The van der Waals surface area contributed by atoms with Crippen LogP contribution in [0.2, 0.25) is 0 Å². The molecule has 0 amide bonds. The number of halogens is 4. The van der Waals surface area contributed by atoms with Gasteiger partial charge in [0.25, 0.3) is 0 Å². The van der Waals surface area contributed by atoms with E-state index < -0.39 is 9.55 Å². The quantitative estimate of drug-likeness (QED) is 0.722. The van der Waals surface area contributed by atoms with Gasteiger partial charge in [0.2, 0.25) is 4.45 Å². The number of thioether (sulfide) groups is 2. The molecule has 0 N–H and O–H groups in total. The van der Waals surface area contributed by atoms with Crippen LogP contribution in [0, 0.1) is 0 Å². The molecule has 0 aromatic rings. The highest BCUT2D eigenvalue weighted by molar-refractivity contribution is 8.39. The molecule has 1 unspecified atom stereocenters. The van der Waals surface area contributed by atoms with Gasteiger partial charge in [0.15, 0.2) is 0 Å². The van der Waals surface area contributed by atoms with Gasteiger partial charge in [-0.15, -0.1) is 46.4 Å². The van der Waals surface area contributed by atoms with Crippen LogP contribution >= 0.6 is 69.9 Å². The number of carbonyl (C=O) groups is 1. The third kappa shape index (κ3) is 6.98. The largest absolute Gasteiger partial charge is 0.274 e. The first kappa shape index (κ1) is 13.5. The van der Waals surface area contributed by atoms with Gasteiger partial charge in [0, 0.05) is 11.6 Å². The third-order valence-corrected chi connectivity index (χ3v) is 4.67. The van der Waals surface area contributed by atoms with E-state index in [0.29, 0.717) is 11.6 Å². The minimum Gasteiger partial charge on any atom is -0.274 e. The molecule has 0 heterocycles. The fourth-order valence-corrected chi connectivity index (χ4v) is 2.60. The Bertz CT molecular complexity index is 143. The zero-order valence-electron chi connectivity index (χ0n) is 5.81. The lowest BCUT2D eigenvalue weighted by Gasteiger charge is -2.06. The van der Waals surface area contributed by atoms with Crippen LogP contribution in [-0.2, 0) is 0 Å². The first-order valence-electron chi connectivity index (χ1n) is 2.89. The average molecular weight is 288 g/mol. The molecule has 0 radical (unpaired) electrons. The van der Waals surface area contributed by atoms with E-state index in [-0.39, 0.29) is 4.45 Å². The summed E-state index contributed by atoms with van der Waals surface area (Å²) >= 11 is 23.9. The predicted octanol–water partition coefficient (Wildman–Crippen LogP) is 4.18. The monoisotopic (exact) mass is 286 g/mol. The summed E-state index contributed by atoms with van der Waals surface area (Å²) in [6, 6.07) is 0. The summed E-state index contributed by atoms with van der Waals surface area (Å²) in [5, 5.41) is 0. The Morgan fingerprint density at radius 3 is 2.33 bits per heavy atom. The van der Waals surface area contributed by atoms with Crippen LogP contribution in [0.1, 0.15) is 0 Å². The number of carbonyl (C=O) groups excluding carboxylic acids is 1. The van der Waals surface area contributed by atoms with Crippen molar-refractivity contribution in [3.63, 3.8) is 0 Å². The Morgan fingerprint density at radius 1 is 1.33 bits per heavy atom. The molecule has 0 spiro atoms. The van der Waals surface area contributed by atoms with Gasteiger partial charge in [-0.25, -0.2) is 0 Å². The van der Waals surface area contributed by atoms with E-state index in [1.54, 1.807) is 0 Å². The normalized spacial score (nSPS) is 13.4. The Balaban J connectivity index is 3.54. The summed E-state index contributed by atoms with van der Waals surface area (Å²) in [5.74, 6) is 1.02. The Morgan fingerprint density at radius 2 is 1.92 bits per heavy atom. The van der Waals surface area contributed by atoms with E-state index >= 15 is 0 Å². The molecule has 72 valence electrons. The predicted molar refractivity (Wildman–Crippen MR) is 61.3 cm³/mol. The van der Waals surface area contributed by atoms with Gasteiger partial charge in [-0.2, -0.15) is 0 Å². The summed E-state index contributed by atoms with van der Waals surface area (Å²) in [4.78, 5) is 10.2. The molecular weight excluding hydrogens is 282 g/mol. The van der Waals surface area contributed by atoms with Gasteiger partial charge in [0.05, 0.1) is 0 Å². The van der Waals surface area contributed by atoms with Crippen LogP contribution in [-0.4, -0.2) is 25.6 Å². The highest BCUT2D eigenvalue weighted by Gasteiger charge is 2.18. The van der Waals surface area contributed by atoms with Gasteiger partial charge < -0.3 is 0 Å².